The van der Waals surface area contributed by atoms with Crippen molar-refractivity contribution in [2.24, 2.45) is 0 Å². The van der Waals surface area contributed by atoms with Crippen LogP contribution in [0.5, 0.6) is 5.75 Å². The van der Waals surface area contributed by atoms with Crippen LogP contribution in [-0.2, 0) is 4.79 Å². The number of hydrogen-bond acceptors (Lipinski definition) is 4. The van der Waals surface area contributed by atoms with Gasteiger partial charge >= 0.3 is 0 Å². The fourth-order valence-electron chi connectivity index (χ4n) is 1.68. The van der Waals surface area contributed by atoms with Crippen LogP contribution < -0.4 is 15.4 Å². The zero-order valence-corrected chi connectivity index (χ0v) is 11.3. The summed E-state index contributed by atoms with van der Waals surface area (Å²) in [7, 11) is 1.57. The van der Waals surface area contributed by atoms with E-state index >= 15 is 0 Å². The molecule has 3 N–H and O–H groups in total. The molecule has 0 saturated carbocycles. The molecule has 0 saturated heterocycles. The van der Waals surface area contributed by atoms with E-state index in [1.54, 1.807) is 19.2 Å². The van der Waals surface area contributed by atoms with E-state index in [9.17, 15) is 4.79 Å². The number of ether oxygens (including phenoxy) is 1. The lowest BCUT2D eigenvalue weighted by Crippen LogP contribution is -2.28. The zero-order valence-electron chi connectivity index (χ0n) is 11.3. The van der Waals surface area contributed by atoms with Crippen molar-refractivity contribution in [1.82, 2.24) is 5.32 Å². The minimum absolute atomic E-state index is 0.0911. The summed E-state index contributed by atoms with van der Waals surface area (Å²) in [5.41, 5.74) is 0.678. The Hall–Kier alpha value is -1.59. The largest absolute Gasteiger partial charge is 0.495 e. The first kappa shape index (κ1) is 15.5. The third-order valence-electron chi connectivity index (χ3n) is 2.68. The van der Waals surface area contributed by atoms with Gasteiger partial charge in [-0.25, -0.2) is 0 Å². The van der Waals surface area contributed by atoms with Crippen molar-refractivity contribution < 1.29 is 14.6 Å². The van der Waals surface area contributed by atoms with E-state index in [1.165, 1.54) is 0 Å². The van der Waals surface area contributed by atoms with Crippen LogP contribution in [0.4, 0.5) is 5.69 Å². The molecule has 1 rings (SSSR count). The molecule has 1 amide bonds. The highest BCUT2D eigenvalue weighted by Gasteiger charge is 2.05. The zero-order chi connectivity index (χ0) is 13.9. The van der Waals surface area contributed by atoms with Crippen LogP contribution >= 0.6 is 0 Å². The van der Waals surface area contributed by atoms with Gasteiger partial charge in [-0.2, -0.15) is 0 Å². The summed E-state index contributed by atoms with van der Waals surface area (Å²) in [6, 6.07) is 7.31. The number of benzene rings is 1. The lowest BCUT2D eigenvalue weighted by Gasteiger charge is -2.10. The standard InChI is InChI=1S/C14H22N2O3/c1-19-13-8-4-3-7-12(13)16-14(18)11-15-9-5-2-6-10-17/h3-4,7-8,15,17H,2,5-6,9-11H2,1H3,(H,16,18). The number of hydrogen-bond donors (Lipinski definition) is 3. The summed E-state index contributed by atoms with van der Waals surface area (Å²) < 4.78 is 5.16. The molecular weight excluding hydrogens is 244 g/mol. The molecule has 0 radical (unpaired) electrons. The molecule has 0 unspecified atom stereocenters. The van der Waals surface area contributed by atoms with Crippen molar-refractivity contribution in [3.8, 4) is 5.75 Å². The quantitative estimate of drug-likeness (QED) is 0.591. The summed E-state index contributed by atoms with van der Waals surface area (Å²) >= 11 is 0. The number of rotatable bonds is 9. The lowest BCUT2D eigenvalue weighted by atomic mass is 10.2. The van der Waals surface area contributed by atoms with E-state index in [0.717, 1.165) is 25.8 Å². The monoisotopic (exact) mass is 266 g/mol. The molecule has 0 aliphatic rings. The van der Waals surface area contributed by atoms with Crippen LogP contribution in [-0.4, -0.2) is 37.8 Å². The molecule has 0 aliphatic heterocycles. The molecule has 106 valence electrons. The summed E-state index contributed by atoms with van der Waals surface area (Å²) in [4.78, 5) is 11.7. The first-order valence-electron chi connectivity index (χ1n) is 6.52. The normalized spacial score (nSPS) is 10.2. The van der Waals surface area contributed by atoms with Crippen LogP contribution in [0.3, 0.4) is 0 Å². The summed E-state index contributed by atoms with van der Waals surface area (Å²) in [5.74, 6) is 0.561. The highest BCUT2D eigenvalue weighted by molar-refractivity contribution is 5.93. The van der Waals surface area contributed by atoms with E-state index in [2.05, 4.69) is 10.6 Å². The van der Waals surface area contributed by atoms with Crippen molar-refractivity contribution in [1.29, 1.82) is 0 Å². The van der Waals surface area contributed by atoms with Crippen molar-refractivity contribution in [2.45, 2.75) is 19.3 Å². The molecule has 0 bridgehead atoms. The Kier molecular flexibility index (Phi) is 7.62. The number of nitrogens with one attached hydrogen (secondary N) is 2. The average Bonchev–Trinajstić information content (AvgIpc) is 2.43. The molecule has 0 fully saturated rings. The predicted octanol–water partition coefficient (Wildman–Crippen LogP) is 1.39. The van der Waals surface area contributed by atoms with Crippen LogP contribution in [0.15, 0.2) is 24.3 Å². The summed E-state index contributed by atoms with van der Waals surface area (Å²) in [6.45, 7) is 1.28. The highest BCUT2D eigenvalue weighted by Crippen LogP contribution is 2.22. The Labute approximate surface area is 114 Å². The maximum Gasteiger partial charge on any atom is 0.238 e. The van der Waals surface area contributed by atoms with Crippen molar-refractivity contribution in [3.05, 3.63) is 24.3 Å². The van der Waals surface area contributed by atoms with Gasteiger partial charge in [0, 0.05) is 6.61 Å². The average molecular weight is 266 g/mol. The molecular formula is C14H22N2O3. The first-order valence-corrected chi connectivity index (χ1v) is 6.52. The summed E-state index contributed by atoms with van der Waals surface area (Å²) in [5, 5.41) is 14.5. The molecule has 5 nitrogen and oxygen atoms in total. The number of anilines is 1. The van der Waals surface area contributed by atoms with Crippen LogP contribution in [0.25, 0.3) is 0 Å². The fourth-order valence-corrected chi connectivity index (χ4v) is 1.68. The van der Waals surface area contributed by atoms with Gasteiger partial charge in [-0.1, -0.05) is 12.1 Å². The van der Waals surface area contributed by atoms with Crippen LogP contribution in [0, 0.1) is 0 Å². The third kappa shape index (κ3) is 6.22. The number of amides is 1. The Morgan fingerprint density at radius 1 is 1.26 bits per heavy atom. The van der Waals surface area contributed by atoms with Gasteiger partial charge in [0.25, 0.3) is 0 Å². The minimum Gasteiger partial charge on any atom is -0.495 e. The molecule has 0 atom stereocenters. The number of carbonyl (C=O) groups excluding carboxylic acids is 1. The van der Waals surface area contributed by atoms with E-state index in [4.69, 9.17) is 9.84 Å². The van der Waals surface area contributed by atoms with Gasteiger partial charge in [0.1, 0.15) is 5.75 Å². The molecule has 0 spiro atoms. The number of methoxy groups -OCH3 is 1. The number of aliphatic hydroxyl groups excluding tert-OH is 1. The van der Waals surface area contributed by atoms with Crippen molar-refractivity contribution >= 4 is 11.6 Å². The predicted molar refractivity (Wildman–Crippen MR) is 75.4 cm³/mol. The molecule has 19 heavy (non-hydrogen) atoms. The third-order valence-corrected chi connectivity index (χ3v) is 2.68. The van der Waals surface area contributed by atoms with E-state index in [1.807, 2.05) is 12.1 Å². The van der Waals surface area contributed by atoms with Gasteiger partial charge in [0.2, 0.25) is 5.91 Å². The molecule has 1 aromatic carbocycles. The molecule has 1 aromatic rings. The SMILES string of the molecule is COc1ccccc1NC(=O)CNCCCCCO. The smallest absolute Gasteiger partial charge is 0.238 e. The maximum atomic E-state index is 11.7. The Morgan fingerprint density at radius 3 is 2.79 bits per heavy atom. The Bertz CT molecular complexity index is 383. The second-order valence-electron chi connectivity index (χ2n) is 4.21. The van der Waals surface area contributed by atoms with Gasteiger partial charge < -0.3 is 20.5 Å². The second kappa shape index (κ2) is 9.35. The van der Waals surface area contributed by atoms with Gasteiger partial charge in [-0.05, 0) is 37.9 Å². The van der Waals surface area contributed by atoms with Crippen LogP contribution in [0.1, 0.15) is 19.3 Å². The van der Waals surface area contributed by atoms with Crippen molar-refractivity contribution in [3.63, 3.8) is 0 Å². The Morgan fingerprint density at radius 2 is 2.05 bits per heavy atom. The van der Waals surface area contributed by atoms with E-state index < -0.39 is 0 Å². The topological polar surface area (TPSA) is 70.6 Å². The number of para-hydroxylation sites is 2. The van der Waals surface area contributed by atoms with E-state index in [0.29, 0.717) is 11.4 Å². The molecule has 0 heterocycles. The lowest BCUT2D eigenvalue weighted by molar-refractivity contribution is -0.115. The number of carbonyl (C=O) groups is 1. The fraction of sp³-hybridized carbons (Fsp3) is 0.500. The minimum atomic E-state index is -0.0911. The highest BCUT2D eigenvalue weighted by atomic mass is 16.5. The van der Waals surface area contributed by atoms with Gasteiger partial charge in [0.15, 0.2) is 0 Å². The van der Waals surface area contributed by atoms with Crippen LogP contribution in [0.2, 0.25) is 0 Å². The van der Waals surface area contributed by atoms with Gasteiger partial charge in [-0.15, -0.1) is 0 Å². The van der Waals surface area contributed by atoms with Crippen molar-refractivity contribution in [2.75, 3.05) is 32.1 Å². The first-order chi connectivity index (χ1) is 9.27. The van der Waals surface area contributed by atoms with E-state index in [-0.39, 0.29) is 19.1 Å². The maximum absolute atomic E-state index is 11.7. The molecule has 0 aromatic heterocycles. The molecule has 0 aliphatic carbocycles. The van der Waals surface area contributed by atoms with Gasteiger partial charge in [0.05, 0.1) is 19.3 Å². The molecule has 5 heteroatoms. The second-order valence-corrected chi connectivity index (χ2v) is 4.21. The Balaban J connectivity index is 2.23. The number of unbranched alkanes of at least 4 members (excludes halogenated alkanes) is 2. The van der Waals surface area contributed by atoms with Gasteiger partial charge in [-0.3, -0.25) is 4.79 Å². The summed E-state index contributed by atoms with van der Waals surface area (Å²) in [6.07, 6.45) is 2.75. The number of aliphatic hydroxyl groups is 1.